The van der Waals surface area contributed by atoms with E-state index in [0.29, 0.717) is 23.8 Å². The fourth-order valence-electron chi connectivity index (χ4n) is 4.78. The van der Waals surface area contributed by atoms with E-state index in [1.807, 2.05) is 84.9 Å². The third-order valence-electron chi connectivity index (χ3n) is 6.59. The molecule has 35 heavy (non-hydrogen) atoms. The number of imide groups is 1. The lowest BCUT2D eigenvalue weighted by Gasteiger charge is -2.28. The number of benzene rings is 3. The number of carbonyl (C=O) groups excluding carboxylic acids is 3. The van der Waals surface area contributed by atoms with Crippen LogP contribution in [0.4, 0.5) is 10.5 Å². The van der Waals surface area contributed by atoms with Gasteiger partial charge in [-0.05, 0) is 29.7 Å². The summed E-state index contributed by atoms with van der Waals surface area (Å²) in [4.78, 5) is 44.4. The topological polar surface area (TPSA) is 69.7 Å². The summed E-state index contributed by atoms with van der Waals surface area (Å²) in [5.74, 6) is -0.670. The summed E-state index contributed by atoms with van der Waals surface area (Å²) < 4.78 is 0. The molecule has 5 rings (SSSR count). The number of anilines is 1. The highest BCUT2D eigenvalue weighted by Crippen LogP contribution is 2.38. The molecule has 2 atom stereocenters. The Morgan fingerprint density at radius 1 is 0.971 bits per heavy atom. The van der Waals surface area contributed by atoms with Crippen LogP contribution < -0.4 is 10.2 Å². The predicted octanol–water partition coefficient (Wildman–Crippen LogP) is 4.59. The van der Waals surface area contributed by atoms with E-state index in [1.165, 1.54) is 0 Å². The van der Waals surface area contributed by atoms with Gasteiger partial charge in [-0.25, -0.2) is 4.79 Å². The van der Waals surface area contributed by atoms with Gasteiger partial charge in [-0.2, -0.15) is 0 Å². The molecule has 0 aromatic heterocycles. The molecule has 0 saturated carbocycles. The Morgan fingerprint density at radius 2 is 1.63 bits per heavy atom. The summed E-state index contributed by atoms with van der Waals surface area (Å²) in [6.07, 6.45) is 1.13. The van der Waals surface area contributed by atoms with Crippen molar-refractivity contribution in [1.82, 2.24) is 10.2 Å². The first-order valence-corrected chi connectivity index (χ1v) is 12.7. The number of hydrogen-bond donors (Lipinski definition) is 1. The number of nitrogens with one attached hydrogen (secondary N) is 1. The molecular formula is C28H27N3O3S. The summed E-state index contributed by atoms with van der Waals surface area (Å²) in [7, 11) is 0. The monoisotopic (exact) mass is 485 g/mol. The average molecular weight is 486 g/mol. The van der Waals surface area contributed by atoms with E-state index in [1.54, 1.807) is 16.7 Å². The van der Waals surface area contributed by atoms with Crippen LogP contribution >= 0.6 is 11.8 Å². The molecule has 3 aromatic rings. The second kappa shape index (κ2) is 9.58. The van der Waals surface area contributed by atoms with Gasteiger partial charge in [0.2, 0.25) is 5.91 Å². The first kappa shape index (κ1) is 23.2. The van der Waals surface area contributed by atoms with Crippen molar-refractivity contribution in [3.63, 3.8) is 0 Å². The third-order valence-corrected chi connectivity index (χ3v) is 7.83. The molecule has 1 N–H and O–H groups in total. The fourth-order valence-corrected chi connectivity index (χ4v) is 5.89. The SMILES string of the molecule is C[C@H]1CCN(C(=O)CN2C(=O)N[C@](Cc3ccccc3)(c3ccccc3)C2=O)c2ccccc2S1. The average Bonchev–Trinajstić information content (AvgIpc) is 3.00. The summed E-state index contributed by atoms with van der Waals surface area (Å²) in [6, 6.07) is 26.1. The van der Waals surface area contributed by atoms with Crippen LogP contribution in [0, 0.1) is 0 Å². The highest BCUT2D eigenvalue weighted by atomic mass is 32.2. The second-order valence-corrected chi connectivity index (χ2v) is 10.5. The quantitative estimate of drug-likeness (QED) is 0.537. The molecule has 2 aliphatic rings. The van der Waals surface area contributed by atoms with Crippen molar-refractivity contribution in [2.45, 2.75) is 35.4 Å². The maximum Gasteiger partial charge on any atom is 0.325 e. The largest absolute Gasteiger partial charge is 0.325 e. The first-order valence-electron chi connectivity index (χ1n) is 11.8. The Labute approximate surface area is 209 Å². The zero-order valence-electron chi connectivity index (χ0n) is 19.5. The van der Waals surface area contributed by atoms with Crippen molar-refractivity contribution in [2.75, 3.05) is 18.0 Å². The Hall–Kier alpha value is -3.58. The number of amides is 4. The Balaban J connectivity index is 1.45. The summed E-state index contributed by atoms with van der Waals surface area (Å²) in [5, 5.41) is 3.30. The molecule has 0 spiro atoms. The van der Waals surface area contributed by atoms with Gasteiger partial charge in [0.1, 0.15) is 6.54 Å². The van der Waals surface area contributed by atoms with Crippen LogP contribution in [0.25, 0.3) is 0 Å². The molecule has 0 aliphatic carbocycles. The van der Waals surface area contributed by atoms with Crippen molar-refractivity contribution >= 4 is 35.3 Å². The molecular weight excluding hydrogens is 458 g/mol. The molecule has 0 bridgehead atoms. The van der Waals surface area contributed by atoms with E-state index in [9.17, 15) is 14.4 Å². The predicted molar refractivity (Wildman–Crippen MR) is 137 cm³/mol. The number of para-hydroxylation sites is 1. The Kier molecular flexibility index (Phi) is 6.34. The molecule has 7 heteroatoms. The van der Waals surface area contributed by atoms with Crippen LogP contribution in [0.1, 0.15) is 24.5 Å². The minimum atomic E-state index is -1.26. The number of hydrogen-bond acceptors (Lipinski definition) is 4. The van der Waals surface area contributed by atoms with Crippen LogP contribution in [-0.2, 0) is 21.5 Å². The van der Waals surface area contributed by atoms with Gasteiger partial charge in [0, 0.05) is 23.1 Å². The Morgan fingerprint density at radius 3 is 2.37 bits per heavy atom. The molecule has 4 amide bonds. The van der Waals surface area contributed by atoms with Crippen molar-refractivity contribution in [3.05, 3.63) is 96.1 Å². The third kappa shape index (κ3) is 4.44. The smallest absolute Gasteiger partial charge is 0.319 e. The lowest BCUT2D eigenvalue weighted by molar-refractivity contribution is -0.134. The number of fused-ring (bicyclic) bond motifs is 1. The van der Waals surface area contributed by atoms with Crippen molar-refractivity contribution < 1.29 is 14.4 Å². The summed E-state index contributed by atoms with van der Waals surface area (Å²) >= 11 is 1.74. The number of urea groups is 1. The van der Waals surface area contributed by atoms with Gasteiger partial charge in [-0.1, -0.05) is 79.7 Å². The van der Waals surface area contributed by atoms with Crippen LogP contribution in [0.15, 0.2) is 89.8 Å². The van der Waals surface area contributed by atoms with Crippen LogP contribution in [0.2, 0.25) is 0 Å². The van der Waals surface area contributed by atoms with Crippen molar-refractivity contribution in [2.24, 2.45) is 0 Å². The minimum Gasteiger partial charge on any atom is -0.319 e. The van der Waals surface area contributed by atoms with E-state index >= 15 is 0 Å². The standard InChI is InChI=1S/C28H27N3O3S/c1-20-16-17-30(23-14-8-9-15-24(23)35-20)25(32)19-31-26(33)28(29-27(31)34,22-12-6-3-7-13-22)18-21-10-4-2-5-11-21/h2-15,20H,16-19H2,1H3,(H,29,34)/t20-,28+/m0/s1. The van der Waals surface area contributed by atoms with E-state index in [2.05, 4.69) is 12.2 Å². The van der Waals surface area contributed by atoms with Gasteiger partial charge in [0.25, 0.3) is 5.91 Å². The number of thioether (sulfide) groups is 1. The van der Waals surface area contributed by atoms with Crippen molar-refractivity contribution in [3.8, 4) is 0 Å². The van der Waals surface area contributed by atoms with E-state index in [4.69, 9.17) is 0 Å². The molecule has 2 heterocycles. The van der Waals surface area contributed by atoms with E-state index in [-0.39, 0.29) is 12.5 Å². The Bertz CT molecular complexity index is 1250. The van der Waals surface area contributed by atoms with Gasteiger partial charge in [-0.15, -0.1) is 11.8 Å². The van der Waals surface area contributed by atoms with E-state index in [0.717, 1.165) is 27.5 Å². The van der Waals surface area contributed by atoms with Gasteiger partial charge in [-0.3, -0.25) is 14.5 Å². The van der Waals surface area contributed by atoms with Gasteiger partial charge in [0.05, 0.1) is 5.69 Å². The van der Waals surface area contributed by atoms with Gasteiger partial charge < -0.3 is 10.2 Å². The van der Waals surface area contributed by atoms with Gasteiger partial charge >= 0.3 is 6.03 Å². The molecule has 0 radical (unpaired) electrons. The summed E-state index contributed by atoms with van der Waals surface area (Å²) in [5.41, 5.74) is 1.19. The molecule has 178 valence electrons. The molecule has 3 aromatic carbocycles. The highest BCUT2D eigenvalue weighted by Gasteiger charge is 2.53. The molecule has 0 unspecified atom stereocenters. The molecule has 2 aliphatic heterocycles. The van der Waals surface area contributed by atoms with Crippen LogP contribution in [-0.4, -0.2) is 41.1 Å². The number of carbonyl (C=O) groups is 3. The molecule has 6 nitrogen and oxygen atoms in total. The molecule has 1 fully saturated rings. The lowest BCUT2D eigenvalue weighted by atomic mass is 9.83. The zero-order valence-corrected chi connectivity index (χ0v) is 20.3. The molecule has 1 saturated heterocycles. The number of nitrogens with zero attached hydrogens (tertiary/aromatic N) is 2. The number of rotatable bonds is 5. The van der Waals surface area contributed by atoms with Gasteiger partial charge in [0.15, 0.2) is 5.54 Å². The maximum absolute atomic E-state index is 13.9. The summed E-state index contributed by atoms with van der Waals surface area (Å²) in [6.45, 7) is 2.38. The van der Waals surface area contributed by atoms with E-state index < -0.39 is 17.5 Å². The maximum atomic E-state index is 13.9. The highest BCUT2D eigenvalue weighted by molar-refractivity contribution is 8.00. The second-order valence-electron chi connectivity index (χ2n) is 8.99. The zero-order chi connectivity index (χ0) is 24.4. The fraction of sp³-hybridized carbons (Fsp3) is 0.250. The van der Waals surface area contributed by atoms with Crippen LogP contribution in [0.5, 0.6) is 0 Å². The first-order chi connectivity index (χ1) is 17.0. The minimum absolute atomic E-state index is 0.265. The van der Waals surface area contributed by atoms with Crippen molar-refractivity contribution in [1.29, 1.82) is 0 Å². The normalized spacial score (nSPS) is 21.9. The van der Waals surface area contributed by atoms with Crippen LogP contribution in [0.3, 0.4) is 0 Å². The lowest BCUT2D eigenvalue weighted by Crippen LogP contribution is -2.47.